The lowest BCUT2D eigenvalue weighted by Gasteiger charge is -2.25. The lowest BCUT2D eigenvalue weighted by atomic mass is 10.0. The van der Waals surface area contributed by atoms with Crippen molar-refractivity contribution in [1.29, 1.82) is 0 Å². The largest absolute Gasteiger partial charge is 0.379 e. The van der Waals surface area contributed by atoms with E-state index in [2.05, 4.69) is 43.9 Å². The molecule has 0 bridgehead atoms. The highest BCUT2D eigenvalue weighted by atomic mass is 32.1. The van der Waals surface area contributed by atoms with Gasteiger partial charge in [-0.3, -0.25) is 4.90 Å². The SMILES string of the molecule is Cc1ccc(C)c(-c2nc(CN3CCOCC3)sc2C)c1. The summed E-state index contributed by atoms with van der Waals surface area (Å²) < 4.78 is 5.41. The van der Waals surface area contributed by atoms with Gasteiger partial charge >= 0.3 is 0 Å². The number of ether oxygens (including phenoxy) is 1. The van der Waals surface area contributed by atoms with Gasteiger partial charge in [0.1, 0.15) is 5.01 Å². The first-order valence-electron chi connectivity index (χ1n) is 7.47. The zero-order chi connectivity index (χ0) is 14.8. The van der Waals surface area contributed by atoms with Gasteiger partial charge in [0, 0.05) is 23.5 Å². The first kappa shape index (κ1) is 14.7. The molecule has 1 fully saturated rings. The molecule has 0 N–H and O–H groups in total. The van der Waals surface area contributed by atoms with Gasteiger partial charge in [-0.2, -0.15) is 0 Å². The Balaban J connectivity index is 1.85. The van der Waals surface area contributed by atoms with Crippen molar-refractivity contribution in [3.05, 3.63) is 39.2 Å². The van der Waals surface area contributed by atoms with Crippen LogP contribution in [0.5, 0.6) is 0 Å². The predicted molar refractivity (Wildman–Crippen MR) is 87.9 cm³/mol. The normalized spacial score (nSPS) is 16.3. The maximum Gasteiger partial charge on any atom is 0.108 e. The fraction of sp³-hybridized carbons (Fsp3) is 0.471. The van der Waals surface area contributed by atoms with Gasteiger partial charge in [0.25, 0.3) is 0 Å². The minimum atomic E-state index is 0.841. The highest BCUT2D eigenvalue weighted by Gasteiger charge is 2.16. The molecule has 1 aliphatic heterocycles. The number of nitrogens with zero attached hydrogens (tertiary/aromatic N) is 2. The van der Waals surface area contributed by atoms with Crippen molar-refractivity contribution < 1.29 is 4.74 Å². The van der Waals surface area contributed by atoms with Gasteiger partial charge < -0.3 is 4.74 Å². The highest BCUT2D eigenvalue weighted by molar-refractivity contribution is 7.12. The summed E-state index contributed by atoms with van der Waals surface area (Å²) in [5.74, 6) is 0. The van der Waals surface area contributed by atoms with Crippen LogP contribution in [0.15, 0.2) is 18.2 Å². The van der Waals surface area contributed by atoms with Crippen LogP contribution in [0.4, 0.5) is 0 Å². The summed E-state index contributed by atoms with van der Waals surface area (Å²) in [4.78, 5) is 8.65. The molecule has 0 atom stereocenters. The van der Waals surface area contributed by atoms with Crippen molar-refractivity contribution in [1.82, 2.24) is 9.88 Å². The van der Waals surface area contributed by atoms with E-state index in [9.17, 15) is 0 Å². The van der Waals surface area contributed by atoms with Crippen LogP contribution in [0, 0.1) is 20.8 Å². The molecule has 2 heterocycles. The molecule has 0 radical (unpaired) electrons. The Hall–Kier alpha value is -1.23. The molecule has 0 unspecified atom stereocenters. The molecule has 3 rings (SSSR count). The lowest BCUT2D eigenvalue weighted by molar-refractivity contribution is 0.0342. The number of benzene rings is 1. The van der Waals surface area contributed by atoms with Crippen LogP contribution in [-0.4, -0.2) is 36.2 Å². The summed E-state index contributed by atoms with van der Waals surface area (Å²) >= 11 is 1.82. The predicted octanol–water partition coefficient (Wildman–Crippen LogP) is 3.57. The second-order valence-corrected chi connectivity index (χ2v) is 7.01. The summed E-state index contributed by atoms with van der Waals surface area (Å²) in [5, 5.41) is 1.21. The molecule has 0 saturated carbocycles. The van der Waals surface area contributed by atoms with E-state index < -0.39 is 0 Å². The molecule has 1 saturated heterocycles. The van der Waals surface area contributed by atoms with Gasteiger partial charge in [-0.1, -0.05) is 17.7 Å². The van der Waals surface area contributed by atoms with Crippen LogP contribution in [-0.2, 0) is 11.3 Å². The number of aromatic nitrogens is 1. The molecule has 112 valence electrons. The summed E-state index contributed by atoms with van der Waals surface area (Å²) in [6.07, 6.45) is 0. The maximum atomic E-state index is 5.41. The number of morpholine rings is 1. The Morgan fingerprint density at radius 2 is 1.95 bits per heavy atom. The summed E-state index contributed by atoms with van der Waals surface area (Å²) in [6, 6.07) is 6.59. The molecule has 4 heteroatoms. The van der Waals surface area contributed by atoms with Crippen molar-refractivity contribution in [2.75, 3.05) is 26.3 Å². The number of aryl methyl sites for hydroxylation is 3. The number of hydrogen-bond acceptors (Lipinski definition) is 4. The van der Waals surface area contributed by atoms with Crippen molar-refractivity contribution >= 4 is 11.3 Å². The molecule has 1 aromatic heterocycles. The molecule has 1 aromatic carbocycles. The van der Waals surface area contributed by atoms with Crippen molar-refractivity contribution in [2.24, 2.45) is 0 Å². The van der Waals surface area contributed by atoms with Crippen LogP contribution in [0.2, 0.25) is 0 Å². The maximum absolute atomic E-state index is 5.41. The number of hydrogen-bond donors (Lipinski definition) is 0. The zero-order valence-corrected chi connectivity index (χ0v) is 13.8. The van der Waals surface area contributed by atoms with E-state index in [1.54, 1.807) is 0 Å². The van der Waals surface area contributed by atoms with Crippen LogP contribution in [0.3, 0.4) is 0 Å². The summed E-state index contributed by atoms with van der Waals surface area (Å²) in [6.45, 7) is 11.1. The molecular formula is C17H22N2OS. The Kier molecular flexibility index (Phi) is 4.38. The van der Waals surface area contributed by atoms with Gasteiger partial charge in [0.2, 0.25) is 0 Å². The minimum absolute atomic E-state index is 0.841. The monoisotopic (exact) mass is 302 g/mol. The summed E-state index contributed by atoms with van der Waals surface area (Å²) in [7, 11) is 0. The van der Waals surface area contributed by atoms with Gasteiger partial charge in [-0.25, -0.2) is 4.98 Å². The van der Waals surface area contributed by atoms with E-state index in [1.165, 1.54) is 26.6 Å². The Labute approximate surface area is 130 Å². The standard InChI is InChI=1S/C17H22N2OS/c1-12-4-5-13(2)15(10-12)17-14(3)21-16(18-17)11-19-6-8-20-9-7-19/h4-5,10H,6-9,11H2,1-3H3. The third-order valence-electron chi connectivity index (χ3n) is 3.95. The fourth-order valence-corrected chi connectivity index (χ4v) is 3.70. The third-order valence-corrected chi connectivity index (χ3v) is 4.91. The van der Waals surface area contributed by atoms with Crippen LogP contribution in [0.25, 0.3) is 11.3 Å². The topological polar surface area (TPSA) is 25.4 Å². The van der Waals surface area contributed by atoms with Gasteiger partial charge in [0.05, 0.1) is 25.5 Å². The second-order valence-electron chi connectivity index (χ2n) is 5.72. The number of thiazole rings is 1. The molecule has 2 aromatic rings. The van der Waals surface area contributed by atoms with E-state index in [0.29, 0.717) is 0 Å². The molecule has 3 nitrogen and oxygen atoms in total. The molecule has 0 amide bonds. The van der Waals surface area contributed by atoms with E-state index in [0.717, 1.165) is 38.5 Å². The quantitative estimate of drug-likeness (QED) is 0.867. The van der Waals surface area contributed by atoms with Gasteiger partial charge in [-0.05, 0) is 32.4 Å². The van der Waals surface area contributed by atoms with Crippen molar-refractivity contribution in [3.8, 4) is 11.3 Å². The molecule has 0 aliphatic carbocycles. The average Bonchev–Trinajstić information content (AvgIpc) is 2.83. The first-order chi connectivity index (χ1) is 10.1. The highest BCUT2D eigenvalue weighted by Crippen LogP contribution is 2.31. The molecule has 21 heavy (non-hydrogen) atoms. The Morgan fingerprint density at radius 3 is 2.71 bits per heavy atom. The smallest absolute Gasteiger partial charge is 0.108 e. The van der Waals surface area contributed by atoms with Crippen LogP contribution < -0.4 is 0 Å². The molecule has 1 aliphatic rings. The Morgan fingerprint density at radius 1 is 1.19 bits per heavy atom. The summed E-state index contributed by atoms with van der Waals surface area (Å²) in [5.41, 5.74) is 5.02. The van der Waals surface area contributed by atoms with Gasteiger partial charge in [-0.15, -0.1) is 11.3 Å². The van der Waals surface area contributed by atoms with E-state index >= 15 is 0 Å². The third kappa shape index (κ3) is 3.34. The zero-order valence-electron chi connectivity index (χ0n) is 13.0. The molecule has 0 spiro atoms. The van der Waals surface area contributed by atoms with E-state index in [-0.39, 0.29) is 0 Å². The first-order valence-corrected chi connectivity index (χ1v) is 8.29. The Bertz CT molecular complexity index is 630. The van der Waals surface area contributed by atoms with E-state index in [4.69, 9.17) is 9.72 Å². The minimum Gasteiger partial charge on any atom is -0.379 e. The van der Waals surface area contributed by atoms with Crippen LogP contribution >= 0.6 is 11.3 Å². The van der Waals surface area contributed by atoms with E-state index in [1.807, 2.05) is 11.3 Å². The fourth-order valence-electron chi connectivity index (χ4n) is 2.71. The molecular weight excluding hydrogens is 280 g/mol. The second kappa shape index (κ2) is 6.26. The van der Waals surface area contributed by atoms with Gasteiger partial charge in [0.15, 0.2) is 0 Å². The lowest BCUT2D eigenvalue weighted by Crippen LogP contribution is -2.35. The average molecular weight is 302 g/mol. The number of rotatable bonds is 3. The van der Waals surface area contributed by atoms with Crippen molar-refractivity contribution in [2.45, 2.75) is 27.3 Å². The van der Waals surface area contributed by atoms with Crippen molar-refractivity contribution in [3.63, 3.8) is 0 Å². The van der Waals surface area contributed by atoms with Crippen LogP contribution in [0.1, 0.15) is 21.0 Å².